The number of amides is 5. The summed E-state index contributed by atoms with van der Waals surface area (Å²) in [5.41, 5.74) is 0.784. The zero-order valence-corrected chi connectivity index (χ0v) is 31.8. The molecule has 2 aromatic heterocycles. The van der Waals surface area contributed by atoms with Crippen LogP contribution in [-0.4, -0.2) is 96.5 Å². The van der Waals surface area contributed by atoms with E-state index >= 15 is 0 Å². The first-order valence-corrected chi connectivity index (χ1v) is 19.0. The van der Waals surface area contributed by atoms with Crippen LogP contribution in [0.1, 0.15) is 110 Å². The first kappa shape index (κ1) is 41.0. The smallest absolute Gasteiger partial charge is 0.290 e. The van der Waals surface area contributed by atoms with Crippen molar-refractivity contribution in [2.45, 2.75) is 130 Å². The predicted octanol–water partition coefficient (Wildman–Crippen LogP) is 1.95. The molecular formula is C37H56N10O6. The number of rotatable bonds is 19. The Morgan fingerprint density at radius 2 is 1.62 bits per heavy atom. The first-order valence-electron chi connectivity index (χ1n) is 19.0. The van der Waals surface area contributed by atoms with Crippen molar-refractivity contribution in [1.82, 2.24) is 51.8 Å². The molecule has 2 aliphatic rings. The standard InChI is InChI=1S/C37H56N10O6/c1-7-11-27(33(49)36(52)39-23(6)24-16-18-38-19-17-24)40-35(51)32-26-13-10-12-25(26)20-47(32)37(53)31(22(4)5)42-34(50)30(21(2)3)41-29(48)15-9-8-14-28-43-45-46-44-28/h16-19,21-23,25-27,30-32H,7-15,20H2,1-6H3,(H,39,52)(H,40,51)(H,41,48)(H,42,50)(H,43,44,45,46)/t23-,25-,26-,27?,30-,31-,32-/m0/s1. The molecule has 7 atom stereocenters. The van der Waals surface area contributed by atoms with Crippen LogP contribution in [0.25, 0.3) is 0 Å². The minimum atomic E-state index is -1.07. The number of carbonyl (C=O) groups excluding carboxylic acids is 6. The molecule has 5 amide bonds. The Morgan fingerprint density at radius 1 is 0.906 bits per heavy atom. The van der Waals surface area contributed by atoms with Gasteiger partial charge in [-0.1, -0.05) is 52.7 Å². The Balaban J connectivity index is 1.42. The van der Waals surface area contributed by atoms with E-state index in [2.05, 4.69) is 46.9 Å². The van der Waals surface area contributed by atoms with E-state index in [1.165, 1.54) is 0 Å². The van der Waals surface area contributed by atoms with Gasteiger partial charge < -0.3 is 26.2 Å². The molecule has 2 aromatic rings. The van der Waals surface area contributed by atoms with Crippen LogP contribution < -0.4 is 21.3 Å². The highest BCUT2D eigenvalue weighted by molar-refractivity contribution is 6.38. The van der Waals surface area contributed by atoms with Gasteiger partial charge in [-0.3, -0.25) is 33.8 Å². The molecule has 290 valence electrons. The van der Waals surface area contributed by atoms with Gasteiger partial charge in [0, 0.05) is 31.8 Å². The highest BCUT2D eigenvalue weighted by atomic mass is 16.2. The number of aromatic nitrogens is 5. The maximum atomic E-state index is 14.4. The van der Waals surface area contributed by atoms with Gasteiger partial charge in [-0.2, -0.15) is 5.21 Å². The lowest BCUT2D eigenvalue weighted by Crippen LogP contribution is -2.60. The van der Waals surface area contributed by atoms with Gasteiger partial charge in [-0.05, 0) is 80.4 Å². The molecule has 16 nitrogen and oxygen atoms in total. The molecular weight excluding hydrogens is 680 g/mol. The predicted molar refractivity (Wildman–Crippen MR) is 194 cm³/mol. The van der Waals surface area contributed by atoms with E-state index in [4.69, 9.17) is 0 Å². The van der Waals surface area contributed by atoms with Gasteiger partial charge in [0.05, 0.1) is 12.1 Å². The molecule has 0 radical (unpaired) electrons. The lowest BCUT2D eigenvalue weighted by molar-refractivity contribution is -0.145. The Hall–Kier alpha value is -4.76. The summed E-state index contributed by atoms with van der Waals surface area (Å²) in [6, 6.07) is -0.705. The molecule has 4 rings (SSSR count). The van der Waals surface area contributed by atoms with Crippen molar-refractivity contribution in [2.75, 3.05) is 6.54 Å². The number of carbonyl (C=O) groups is 6. The van der Waals surface area contributed by atoms with Gasteiger partial charge in [0.2, 0.25) is 29.4 Å². The van der Waals surface area contributed by atoms with E-state index in [1.54, 1.807) is 36.4 Å². The summed E-state index contributed by atoms with van der Waals surface area (Å²) in [5.74, 6) is -3.20. The molecule has 0 bridgehead atoms. The van der Waals surface area contributed by atoms with Crippen molar-refractivity contribution in [1.29, 1.82) is 0 Å². The number of tetrazole rings is 1. The fraction of sp³-hybridized carbons (Fsp3) is 0.676. The molecule has 1 saturated heterocycles. The second kappa shape index (κ2) is 19.4. The Labute approximate surface area is 311 Å². The number of nitrogens with zero attached hydrogens (tertiary/aromatic N) is 5. The number of ketones is 1. The van der Waals surface area contributed by atoms with Crippen molar-refractivity contribution in [3.8, 4) is 0 Å². The molecule has 1 saturated carbocycles. The molecule has 53 heavy (non-hydrogen) atoms. The molecule has 1 aliphatic carbocycles. The minimum Gasteiger partial charge on any atom is -0.344 e. The monoisotopic (exact) mass is 736 g/mol. The SMILES string of the molecule is CCCC(NC(=O)[C@@H]1[C@H]2CCC[C@H]2CN1C(=O)[C@@H](NC(=O)[C@@H](NC(=O)CCCCc1nn[nH]n1)C(C)C)C(C)C)C(=O)C(=O)N[C@@H](C)c1ccncc1. The zero-order chi connectivity index (χ0) is 38.7. The minimum absolute atomic E-state index is 0.103. The third-order valence-electron chi connectivity index (χ3n) is 10.4. The second-order valence-electron chi connectivity index (χ2n) is 15.0. The van der Waals surface area contributed by atoms with Crippen LogP contribution in [0.15, 0.2) is 24.5 Å². The number of pyridine rings is 1. The van der Waals surface area contributed by atoms with Gasteiger partial charge in [-0.15, -0.1) is 10.2 Å². The molecule has 1 aliphatic heterocycles. The third kappa shape index (κ3) is 10.9. The van der Waals surface area contributed by atoms with E-state index < -0.39 is 53.7 Å². The van der Waals surface area contributed by atoms with Crippen LogP contribution in [0, 0.1) is 23.7 Å². The average molecular weight is 737 g/mol. The molecule has 1 unspecified atom stereocenters. The van der Waals surface area contributed by atoms with Gasteiger partial charge in [0.15, 0.2) is 5.82 Å². The summed E-state index contributed by atoms with van der Waals surface area (Å²) < 4.78 is 0. The van der Waals surface area contributed by atoms with E-state index in [0.29, 0.717) is 38.1 Å². The number of aryl methyl sites for hydroxylation is 1. The second-order valence-corrected chi connectivity index (χ2v) is 15.0. The Bertz CT molecular complexity index is 1550. The van der Waals surface area contributed by atoms with Gasteiger partial charge in [0.1, 0.15) is 18.1 Å². The number of hydrogen-bond donors (Lipinski definition) is 5. The fourth-order valence-corrected chi connectivity index (χ4v) is 7.42. The van der Waals surface area contributed by atoms with E-state index in [-0.39, 0.29) is 48.3 Å². The number of hydrogen-bond acceptors (Lipinski definition) is 10. The third-order valence-corrected chi connectivity index (χ3v) is 10.4. The van der Waals surface area contributed by atoms with Gasteiger partial charge >= 0.3 is 0 Å². The van der Waals surface area contributed by atoms with E-state index in [9.17, 15) is 28.8 Å². The fourth-order valence-electron chi connectivity index (χ4n) is 7.42. The normalized spacial score (nSPS) is 20.3. The average Bonchev–Trinajstić information content (AvgIpc) is 3.89. The summed E-state index contributed by atoms with van der Waals surface area (Å²) in [7, 11) is 0. The molecule has 0 spiro atoms. The largest absolute Gasteiger partial charge is 0.344 e. The quantitative estimate of drug-likeness (QED) is 0.104. The zero-order valence-electron chi connectivity index (χ0n) is 31.8. The summed E-state index contributed by atoms with van der Waals surface area (Å²) in [4.78, 5) is 87.1. The van der Waals surface area contributed by atoms with E-state index in [1.807, 2.05) is 34.6 Å². The van der Waals surface area contributed by atoms with Crippen LogP contribution in [0.3, 0.4) is 0 Å². The Morgan fingerprint density at radius 3 is 2.26 bits per heavy atom. The van der Waals surface area contributed by atoms with Crippen molar-refractivity contribution < 1.29 is 28.8 Å². The number of aromatic amines is 1. The molecule has 2 fully saturated rings. The summed E-state index contributed by atoms with van der Waals surface area (Å²) in [6.07, 6.45) is 8.56. The Kier molecular flexibility index (Phi) is 15.0. The maximum absolute atomic E-state index is 14.4. The summed E-state index contributed by atoms with van der Waals surface area (Å²) in [6.45, 7) is 11.3. The van der Waals surface area contributed by atoms with Crippen molar-refractivity contribution in [3.05, 3.63) is 35.9 Å². The van der Waals surface area contributed by atoms with Gasteiger partial charge in [-0.25, -0.2) is 0 Å². The number of likely N-dealkylation sites (tertiary alicyclic amines) is 1. The number of fused-ring (bicyclic) bond motifs is 1. The van der Waals surface area contributed by atoms with Crippen molar-refractivity contribution in [3.63, 3.8) is 0 Å². The lowest BCUT2D eigenvalue weighted by atomic mass is 9.92. The van der Waals surface area contributed by atoms with Crippen LogP contribution in [-0.2, 0) is 35.2 Å². The van der Waals surface area contributed by atoms with Crippen LogP contribution >= 0.6 is 0 Å². The van der Waals surface area contributed by atoms with Crippen LogP contribution in [0.4, 0.5) is 0 Å². The number of unbranched alkanes of at least 4 members (excludes halogenated alkanes) is 1. The molecule has 0 aromatic carbocycles. The van der Waals surface area contributed by atoms with E-state index in [0.717, 1.165) is 24.8 Å². The number of nitrogens with one attached hydrogen (secondary N) is 5. The maximum Gasteiger partial charge on any atom is 0.290 e. The molecule has 16 heteroatoms. The van der Waals surface area contributed by atoms with Crippen molar-refractivity contribution >= 4 is 35.3 Å². The molecule has 3 heterocycles. The lowest BCUT2D eigenvalue weighted by Gasteiger charge is -2.34. The first-order chi connectivity index (χ1) is 25.3. The number of Topliss-reactive ketones (excluding diaryl/α,β-unsaturated/α-hetero) is 1. The summed E-state index contributed by atoms with van der Waals surface area (Å²) >= 11 is 0. The van der Waals surface area contributed by atoms with Gasteiger partial charge in [0.25, 0.3) is 5.91 Å². The van der Waals surface area contributed by atoms with Crippen LogP contribution in [0.2, 0.25) is 0 Å². The topological polar surface area (TPSA) is 221 Å². The highest BCUT2D eigenvalue weighted by Crippen LogP contribution is 2.42. The van der Waals surface area contributed by atoms with Crippen LogP contribution in [0.5, 0.6) is 0 Å². The highest BCUT2D eigenvalue weighted by Gasteiger charge is 2.51. The summed E-state index contributed by atoms with van der Waals surface area (Å²) in [5, 5.41) is 25.1. The van der Waals surface area contributed by atoms with Crippen molar-refractivity contribution in [2.24, 2.45) is 23.7 Å². The number of H-pyrrole nitrogens is 1. The molecule has 5 N–H and O–H groups in total.